The Morgan fingerprint density at radius 1 is 1.11 bits per heavy atom. The molecule has 0 bridgehead atoms. The van der Waals surface area contributed by atoms with Crippen LogP contribution in [0.3, 0.4) is 0 Å². The van der Waals surface area contributed by atoms with Crippen LogP contribution in [0.15, 0.2) is 60.0 Å². The molecule has 9 heteroatoms. The Bertz CT molecular complexity index is 1180. The van der Waals surface area contributed by atoms with E-state index in [1.165, 1.54) is 34.4 Å². The third-order valence-electron chi connectivity index (χ3n) is 5.91. The molecule has 0 saturated carbocycles. The van der Waals surface area contributed by atoms with Crippen LogP contribution in [-0.2, 0) is 17.9 Å². The molecule has 0 aliphatic heterocycles. The van der Waals surface area contributed by atoms with Gasteiger partial charge < -0.3 is 9.80 Å². The first kappa shape index (κ1) is 26.0. The molecule has 0 spiro atoms. The van der Waals surface area contributed by atoms with E-state index in [1.807, 2.05) is 31.4 Å². The first-order valence-corrected chi connectivity index (χ1v) is 12.2. The SMILES string of the molecule is CC[C@H](C)N(CC(=O)N(Cc1ccc(F)cc1)Cc1cccs1)C(=O)c1ccc(C)c([N+](=O)[O-])c1. The van der Waals surface area contributed by atoms with Crippen molar-refractivity contribution in [3.63, 3.8) is 0 Å². The zero-order chi connectivity index (χ0) is 25.5. The summed E-state index contributed by atoms with van der Waals surface area (Å²) in [4.78, 5) is 41.8. The van der Waals surface area contributed by atoms with Gasteiger partial charge in [0.15, 0.2) is 0 Å². The van der Waals surface area contributed by atoms with E-state index in [0.717, 1.165) is 10.4 Å². The fourth-order valence-corrected chi connectivity index (χ4v) is 4.35. The number of hydrogen-bond donors (Lipinski definition) is 0. The number of amides is 2. The molecule has 0 saturated heterocycles. The molecule has 0 aliphatic carbocycles. The highest BCUT2D eigenvalue weighted by atomic mass is 32.1. The molecule has 0 aliphatic rings. The van der Waals surface area contributed by atoms with Crippen LogP contribution in [0, 0.1) is 22.9 Å². The smallest absolute Gasteiger partial charge is 0.273 e. The monoisotopic (exact) mass is 497 g/mol. The number of rotatable bonds is 10. The van der Waals surface area contributed by atoms with Gasteiger partial charge in [-0.1, -0.05) is 31.2 Å². The maximum atomic E-state index is 13.5. The summed E-state index contributed by atoms with van der Waals surface area (Å²) >= 11 is 1.52. The fraction of sp³-hybridized carbons (Fsp3) is 0.308. The Morgan fingerprint density at radius 3 is 2.43 bits per heavy atom. The molecule has 7 nitrogen and oxygen atoms in total. The molecule has 184 valence electrons. The molecule has 1 atom stereocenters. The van der Waals surface area contributed by atoms with Crippen LogP contribution in [0.1, 0.15) is 46.6 Å². The second-order valence-corrected chi connectivity index (χ2v) is 9.44. The summed E-state index contributed by atoms with van der Waals surface area (Å²) in [6, 6.07) is 13.9. The van der Waals surface area contributed by atoms with Crippen molar-refractivity contribution >= 4 is 28.8 Å². The lowest BCUT2D eigenvalue weighted by molar-refractivity contribution is -0.385. The highest BCUT2D eigenvalue weighted by molar-refractivity contribution is 7.09. The first-order valence-electron chi connectivity index (χ1n) is 11.3. The van der Waals surface area contributed by atoms with Crippen molar-refractivity contribution < 1.29 is 18.9 Å². The normalized spacial score (nSPS) is 11.7. The zero-order valence-electron chi connectivity index (χ0n) is 19.9. The van der Waals surface area contributed by atoms with Crippen molar-refractivity contribution in [1.29, 1.82) is 0 Å². The molecule has 0 unspecified atom stereocenters. The zero-order valence-corrected chi connectivity index (χ0v) is 20.8. The Balaban J connectivity index is 1.87. The standard InChI is InChI=1S/C26H28FN3O4S/c1-4-19(3)29(26(32)21-10-7-18(2)24(14-21)30(33)34)17-25(31)28(16-23-6-5-13-35-23)15-20-8-11-22(27)12-9-20/h5-14,19H,4,15-17H2,1-3H3/t19-/m0/s1. The predicted molar refractivity (Wildman–Crippen MR) is 134 cm³/mol. The van der Waals surface area contributed by atoms with Gasteiger partial charge in [-0.05, 0) is 55.5 Å². The average Bonchev–Trinajstić information content (AvgIpc) is 3.35. The van der Waals surface area contributed by atoms with Crippen LogP contribution in [-0.4, -0.2) is 39.1 Å². The van der Waals surface area contributed by atoms with Gasteiger partial charge in [-0.25, -0.2) is 4.39 Å². The molecule has 3 aromatic rings. The van der Waals surface area contributed by atoms with Gasteiger partial charge in [-0.15, -0.1) is 11.3 Å². The summed E-state index contributed by atoms with van der Waals surface area (Å²) in [6.45, 7) is 5.80. The Kier molecular flexibility index (Phi) is 8.70. The molecule has 2 aromatic carbocycles. The molecule has 2 amide bonds. The van der Waals surface area contributed by atoms with Crippen molar-refractivity contribution in [3.05, 3.63) is 97.5 Å². The topological polar surface area (TPSA) is 83.8 Å². The molecule has 0 fully saturated rings. The van der Waals surface area contributed by atoms with Crippen molar-refractivity contribution in [1.82, 2.24) is 9.80 Å². The van der Waals surface area contributed by atoms with E-state index in [9.17, 15) is 24.1 Å². The van der Waals surface area contributed by atoms with Gasteiger partial charge in [0, 0.05) is 34.7 Å². The minimum absolute atomic E-state index is 0.137. The van der Waals surface area contributed by atoms with E-state index >= 15 is 0 Å². The minimum Gasteiger partial charge on any atom is -0.332 e. The van der Waals surface area contributed by atoms with Gasteiger partial charge in [-0.2, -0.15) is 0 Å². The van der Waals surface area contributed by atoms with E-state index in [-0.39, 0.29) is 42.1 Å². The van der Waals surface area contributed by atoms with Crippen molar-refractivity contribution in [2.24, 2.45) is 0 Å². The number of hydrogen-bond acceptors (Lipinski definition) is 5. The number of aryl methyl sites for hydroxylation is 1. The number of thiophene rings is 1. The Labute approximate surface area is 207 Å². The third kappa shape index (κ3) is 6.73. The maximum Gasteiger partial charge on any atom is 0.273 e. The van der Waals surface area contributed by atoms with E-state index < -0.39 is 10.8 Å². The van der Waals surface area contributed by atoms with E-state index in [1.54, 1.807) is 36.1 Å². The third-order valence-corrected chi connectivity index (χ3v) is 6.77. The van der Waals surface area contributed by atoms with Crippen molar-refractivity contribution in [2.45, 2.75) is 46.3 Å². The van der Waals surface area contributed by atoms with Crippen LogP contribution in [0.4, 0.5) is 10.1 Å². The lowest BCUT2D eigenvalue weighted by Crippen LogP contribution is -2.46. The maximum absolute atomic E-state index is 13.5. The summed E-state index contributed by atoms with van der Waals surface area (Å²) < 4.78 is 13.4. The predicted octanol–water partition coefficient (Wildman–Crippen LogP) is 5.57. The van der Waals surface area contributed by atoms with E-state index in [4.69, 9.17) is 0 Å². The van der Waals surface area contributed by atoms with Gasteiger partial charge in [0.1, 0.15) is 12.4 Å². The van der Waals surface area contributed by atoms with E-state index in [0.29, 0.717) is 18.5 Å². The Morgan fingerprint density at radius 2 is 1.83 bits per heavy atom. The van der Waals surface area contributed by atoms with Crippen LogP contribution < -0.4 is 0 Å². The molecular weight excluding hydrogens is 469 g/mol. The van der Waals surface area contributed by atoms with Crippen molar-refractivity contribution in [2.75, 3.05) is 6.54 Å². The molecule has 35 heavy (non-hydrogen) atoms. The van der Waals surface area contributed by atoms with Crippen LogP contribution in [0.25, 0.3) is 0 Å². The Hall–Kier alpha value is -3.59. The first-order chi connectivity index (χ1) is 16.7. The second-order valence-electron chi connectivity index (χ2n) is 8.40. The van der Waals surface area contributed by atoms with E-state index in [2.05, 4.69) is 0 Å². The largest absolute Gasteiger partial charge is 0.332 e. The van der Waals surface area contributed by atoms with Gasteiger partial charge in [0.2, 0.25) is 5.91 Å². The van der Waals surface area contributed by atoms with Gasteiger partial charge in [0.05, 0.1) is 11.5 Å². The average molecular weight is 498 g/mol. The highest BCUT2D eigenvalue weighted by Gasteiger charge is 2.27. The van der Waals surface area contributed by atoms with Gasteiger partial charge in [-0.3, -0.25) is 19.7 Å². The molecule has 1 heterocycles. The summed E-state index contributed by atoms with van der Waals surface area (Å²) in [5, 5.41) is 13.3. The van der Waals surface area contributed by atoms with Crippen LogP contribution >= 0.6 is 11.3 Å². The second kappa shape index (κ2) is 11.7. The molecule has 1 aromatic heterocycles. The highest BCUT2D eigenvalue weighted by Crippen LogP contribution is 2.22. The number of nitro groups is 1. The lowest BCUT2D eigenvalue weighted by Gasteiger charge is -2.31. The number of halogens is 1. The molecular formula is C26H28FN3O4S. The van der Waals surface area contributed by atoms with Crippen LogP contribution in [0.2, 0.25) is 0 Å². The molecule has 0 radical (unpaired) electrons. The lowest BCUT2D eigenvalue weighted by atomic mass is 10.1. The van der Waals surface area contributed by atoms with Crippen molar-refractivity contribution in [3.8, 4) is 0 Å². The van der Waals surface area contributed by atoms with Gasteiger partial charge >= 0.3 is 0 Å². The summed E-state index contributed by atoms with van der Waals surface area (Å²) in [7, 11) is 0. The quantitative estimate of drug-likeness (QED) is 0.271. The molecule has 3 rings (SSSR count). The van der Waals surface area contributed by atoms with Gasteiger partial charge in [0.25, 0.3) is 11.6 Å². The number of carbonyl (C=O) groups excluding carboxylic acids is 2. The summed E-state index contributed by atoms with van der Waals surface area (Å²) in [6.07, 6.45) is 0.607. The summed E-state index contributed by atoms with van der Waals surface area (Å²) in [5.74, 6) is -1.06. The molecule has 0 N–H and O–H groups in total. The number of benzene rings is 2. The summed E-state index contributed by atoms with van der Waals surface area (Å²) in [5.41, 5.74) is 1.26. The minimum atomic E-state index is -0.518. The fourth-order valence-electron chi connectivity index (χ4n) is 3.63. The number of nitro benzene ring substituents is 1. The number of nitrogens with zero attached hydrogens (tertiary/aromatic N) is 3. The van der Waals surface area contributed by atoms with Crippen LogP contribution in [0.5, 0.6) is 0 Å². The number of carbonyl (C=O) groups is 2.